The predicted octanol–water partition coefficient (Wildman–Crippen LogP) is 0.712. The van der Waals surface area contributed by atoms with Gasteiger partial charge in [0, 0.05) is 44.0 Å². The third-order valence-electron chi connectivity index (χ3n) is 9.00. The Morgan fingerprint density at radius 1 is 1.00 bits per heavy atom. The van der Waals surface area contributed by atoms with Crippen LogP contribution in [0.2, 0.25) is 0 Å². The van der Waals surface area contributed by atoms with Crippen LogP contribution in [0.25, 0.3) is 0 Å². The van der Waals surface area contributed by atoms with Crippen LogP contribution in [0.15, 0.2) is 0 Å². The molecule has 0 aromatic heterocycles. The molecule has 2 heterocycles. The summed E-state index contributed by atoms with van der Waals surface area (Å²) >= 11 is 0. The van der Waals surface area contributed by atoms with Crippen molar-refractivity contribution in [2.24, 2.45) is 17.8 Å². The van der Waals surface area contributed by atoms with Crippen LogP contribution in [0.4, 0.5) is 0 Å². The molecule has 0 radical (unpaired) electrons. The number of ether oxygens (including phenoxy) is 1. The second-order valence-electron chi connectivity index (χ2n) is 11.5. The lowest BCUT2D eigenvalue weighted by Crippen LogP contribution is -2.66. The Kier molecular flexibility index (Phi) is 9.48. The molecule has 9 nitrogen and oxygen atoms in total. The largest absolute Gasteiger partial charge is 0.380 e. The van der Waals surface area contributed by atoms with Crippen LogP contribution in [0.5, 0.6) is 0 Å². The molecule has 7 unspecified atom stereocenters. The number of methoxy groups -OCH3 is 1. The zero-order valence-electron chi connectivity index (χ0n) is 21.7. The van der Waals surface area contributed by atoms with E-state index >= 15 is 0 Å². The monoisotopic (exact) mass is 513 g/mol. The highest BCUT2D eigenvalue weighted by Crippen LogP contribution is 2.30. The molecule has 2 aliphatic heterocycles. The Balaban J connectivity index is 1.25. The number of sulfone groups is 1. The molecule has 4 rings (SSSR count). The van der Waals surface area contributed by atoms with Crippen LogP contribution in [0, 0.1) is 17.8 Å². The second-order valence-corrected chi connectivity index (χ2v) is 13.9. The van der Waals surface area contributed by atoms with Gasteiger partial charge in [0.15, 0.2) is 0 Å². The van der Waals surface area contributed by atoms with E-state index in [2.05, 4.69) is 33.5 Å². The van der Waals surface area contributed by atoms with Crippen molar-refractivity contribution >= 4 is 15.7 Å². The fraction of sp³-hybridized carbons (Fsp3) is 0.960. The van der Waals surface area contributed by atoms with Crippen molar-refractivity contribution in [2.45, 2.75) is 100 Å². The minimum atomic E-state index is -3.01. The first-order valence-electron chi connectivity index (χ1n) is 13.7. The van der Waals surface area contributed by atoms with E-state index in [1.54, 1.807) is 7.11 Å². The van der Waals surface area contributed by atoms with Gasteiger partial charge >= 0.3 is 0 Å². The van der Waals surface area contributed by atoms with E-state index in [-0.39, 0.29) is 29.4 Å². The molecule has 2 saturated carbocycles. The van der Waals surface area contributed by atoms with Crippen molar-refractivity contribution in [1.82, 2.24) is 26.6 Å². The maximum Gasteiger partial charge on any atom is 0.223 e. The summed E-state index contributed by atoms with van der Waals surface area (Å²) in [5.41, 5.74) is 0. The third-order valence-corrected chi connectivity index (χ3v) is 10.7. The molecule has 5 N–H and O–H groups in total. The molecule has 0 aromatic carbocycles. The summed E-state index contributed by atoms with van der Waals surface area (Å²) < 4.78 is 29.2. The van der Waals surface area contributed by atoms with E-state index in [0.717, 1.165) is 51.7 Å². The average molecular weight is 514 g/mol. The van der Waals surface area contributed by atoms with E-state index in [4.69, 9.17) is 4.74 Å². The molecule has 2 saturated heterocycles. The third kappa shape index (κ3) is 7.38. The molecule has 7 atom stereocenters. The van der Waals surface area contributed by atoms with Crippen LogP contribution in [0.1, 0.15) is 64.7 Å². The fourth-order valence-corrected chi connectivity index (χ4v) is 7.74. The van der Waals surface area contributed by atoms with Gasteiger partial charge in [0.05, 0.1) is 11.4 Å². The lowest BCUT2D eigenvalue weighted by atomic mass is 9.82. The summed E-state index contributed by atoms with van der Waals surface area (Å²) in [6.45, 7) is 5.26. The zero-order chi connectivity index (χ0) is 25.0. The smallest absolute Gasteiger partial charge is 0.223 e. The molecule has 2 aliphatic carbocycles. The molecule has 0 spiro atoms. The first-order chi connectivity index (χ1) is 16.7. The summed E-state index contributed by atoms with van der Waals surface area (Å²) in [5.74, 6) is 1.17. The van der Waals surface area contributed by atoms with Crippen molar-refractivity contribution in [1.29, 1.82) is 0 Å². The first-order valence-corrected chi connectivity index (χ1v) is 15.7. The second kappa shape index (κ2) is 12.2. The van der Waals surface area contributed by atoms with Gasteiger partial charge in [0.25, 0.3) is 0 Å². The Labute approximate surface area is 211 Å². The molecule has 35 heavy (non-hydrogen) atoms. The van der Waals surface area contributed by atoms with Gasteiger partial charge in [-0.05, 0) is 82.7 Å². The number of amides is 1. The molecular weight excluding hydrogens is 466 g/mol. The van der Waals surface area contributed by atoms with Crippen molar-refractivity contribution in [3.63, 3.8) is 0 Å². The normalized spacial score (nSPS) is 41.3. The fourth-order valence-electron chi connectivity index (χ4n) is 6.61. The highest BCUT2D eigenvalue weighted by Gasteiger charge is 2.36. The summed E-state index contributed by atoms with van der Waals surface area (Å²) in [5, 5.41) is 17.8. The Hall–Kier alpha value is -0.780. The Morgan fingerprint density at radius 3 is 2.49 bits per heavy atom. The number of rotatable bonds is 7. The summed E-state index contributed by atoms with van der Waals surface area (Å²) in [4.78, 5) is 12.9. The highest BCUT2D eigenvalue weighted by atomic mass is 32.2. The molecule has 1 amide bonds. The quantitative estimate of drug-likeness (QED) is 0.338. The maximum atomic E-state index is 12.9. The van der Waals surface area contributed by atoms with Gasteiger partial charge < -0.3 is 15.4 Å². The molecule has 202 valence electrons. The number of hydrogen-bond donors (Lipinski definition) is 5. The minimum absolute atomic E-state index is 0.0544. The van der Waals surface area contributed by atoms with Gasteiger partial charge in [-0.3, -0.25) is 20.7 Å². The SMILES string of the molecule is COC1CNCC(C2CCNC(NC3CC(NC(=O)C4CCC(S(C)(=O)=O)CC4)CCC3C)N2)C1. The summed E-state index contributed by atoms with van der Waals surface area (Å²) in [6.07, 6.45) is 9.45. The van der Waals surface area contributed by atoms with Gasteiger partial charge in [-0.15, -0.1) is 0 Å². The number of carbonyl (C=O) groups is 1. The lowest BCUT2D eigenvalue weighted by molar-refractivity contribution is -0.127. The average Bonchev–Trinajstić information content (AvgIpc) is 2.86. The van der Waals surface area contributed by atoms with Gasteiger partial charge in [-0.2, -0.15) is 0 Å². The van der Waals surface area contributed by atoms with Crippen molar-refractivity contribution in [2.75, 3.05) is 33.0 Å². The molecule has 4 fully saturated rings. The highest BCUT2D eigenvalue weighted by molar-refractivity contribution is 7.91. The zero-order valence-corrected chi connectivity index (χ0v) is 22.5. The van der Waals surface area contributed by atoms with Crippen molar-refractivity contribution in [3.8, 4) is 0 Å². The van der Waals surface area contributed by atoms with Crippen LogP contribution in [-0.4, -0.2) is 83.1 Å². The molecule has 0 bridgehead atoms. The number of nitrogens with one attached hydrogen (secondary N) is 5. The van der Waals surface area contributed by atoms with E-state index < -0.39 is 9.84 Å². The van der Waals surface area contributed by atoms with E-state index in [9.17, 15) is 13.2 Å². The van der Waals surface area contributed by atoms with Gasteiger partial charge in [-0.25, -0.2) is 8.42 Å². The van der Waals surface area contributed by atoms with E-state index in [1.807, 2.05) is 0 Å². The standard InChI is InChI=1S/C25H47N5O4S/c1-16-4-7-19(28-24(31)17-5-8-21(9-6-17)35(3,32)33)13-23(16)30-25-27-11-10-22(29-25)18-12-20(34-2)15-26-14-18/h16-23,25-27,29-30H,4-15H2,1-3H3,(H,28,31). The van der Waals surface area contributed by atoms with Gasteiger partial charge in [0.1, 0.15) is 16.1 Å². The van der Waals surface area contributed by atoms with Crippen LogP contribution >= 0.6 is 0 Å². The number of hydrogen-bond acceptors (Lipinski definition) is 8. The minimum Gasteiger partial charge on any atom is -0.380 e. The molecule has 10 heteroatoms. The topological polar surface area (TPSA) is 121 Å². The molecule has 4 aliphatic rings. The summed E-state index contributed by atoms with van der Waals surface area (Å²) in [6, 6.07) is 0.957. The van der Waals surface area contributed by atoms with E-state index in [0.29, 0.717) is 55.7 Å². The van der Waals surface area contributed by atoms with Gasteiger partial charge in [0.2, 0.25) is 5.91 Å². The first kappa shape index (κ1) is 27.3. The molecule has 0 aromatic rings. The van der Waals surface area contributed by atoms with Crippen molar-refractivity contribution < 1.29 is 17.9 Å². The maximum absolute atomic E-state index is 12.9. The number of piperidine rings is 1. The Bertz CT molecular complexity index is 804. The van der Waals surface area contributed by atoms with Crippen LogP contribution < -0.4 is 26.6 Å². The predicted molar refractivity (Wildman–Crippen MR) is 138 cm³/mol. The number of carbonyl (C=O) groups excluding carboxylic acids is 1. The van der Waals surface area contributed by atoms with Gasteiger partial charge in [-0.1, -0.05) is 6.92 Å². The Morgan fingerprint density at radius 2 is 1.77 bits per heavy atom. The molecular formula is C25H47N5O4S. The van der Waals surface area contributed by atoms with E-state index in [1.165, 1.54) is 6.26 Å². The van der Waals surface area contributed by atoms with Crippen LogP contribution in [0.3, 0.4) is 0 Å². The lowest BCUT2D eigenvalue weighted by Gasteiger charge is -2.43. The summed E-state index contributed by atoms with van der Waals surface area (Å²) in [7, 11) is -1.21. The van der Waals surface area contributed by atoms with Crippen molar-refractivity contribution in [3.05, 3.63) is 0 Å². The van der Waals surface area contributed by atoms with Crippen LogP contribution in [-0.2, 0) is 19.4 Å².